The summed E-state index contributed by atoms with van der Waals surface area (Å²) < 4.78 is 5.35. The molecule has 0 aliphatic carbocycles. The standard InChI is InChI=1S/C10H20ClNO/c1-10(2,7-12-8-11)9-3-5-13-6-4-9/h9,12H,3-8H2,1-2H3. The molecule has 0 bridgehead atoms. The van der Waals surface area contributed by atoms with Crippen LogP contribution in [0.2, 0.25) is 0 Å². The van der Waals surface area contributed by atoms with Gasteiger partial charge in [0.1, 0.15) is 0 Å². The zero-order valence-electron chi connectivity index (χ0n) is 8.61. The SMILES string of the molecule is CC(C)(CNCCl)C1CCOCC1. The summed E-state index contributed by atoms with van der Waals surface area (Å²) in [6.07, 6.45) is 2.38. The Bertz CT molecular complexity index is 144. The molecule has 13 heavy (non-hydrogen) atoms. The van der Waals surface area contributed by atoms with Gasteiger partial charge in [-0.1, -0.05) is 13.8 Å². The molecule has 1 rings (SSSR count). The summed E-state index contributed by atoms with van der Waals surface area (Å²) in [7, 11) is 0. The van der Waals surface area contributed by atoms with E-state index in [0.717, 1.165) is 25.7 Å². The van der Waals surface area contributed by atoms with E-state index in [1.807, 2.05) is 0 Å². The van der Waals surface area contributed by atoms with E-state index >= 15 is 0 Å². The van der Waals surface area contributed by atoms with E-state index in [0.29, 0.717) is 11.4 Å². The van der Waals surface area contributed by atoms with Crippen molar-refractivity contribution < 1.29 is 4.74 Å². The summed E-state index contributed by atoms with van der Waals surface area (Å²) >= 11 is 5.61. The van der Waals surface area contributed by atoms with Crippen molar-refractivity contribution in [3.8, 4) is 0 Å². The van der Waals surface area contributed by atoms with Gasteiger partial charge in [0.15, 0.2) is 0 Å². The first-order valence-electron chi connectivity index (χ1n) is 5.01. The highest BCUT2D eigenvalue weighted by Gasteiger charge is 2.30. The lowest BCUT2D eigenvalue weighted by Crippen LogP contribution is -2.38. The summed E-state index contributed by atoms with van der Waals surface area (Å²) in [5, 5.41) is 3.21. The zero-order valence-corrected chi connectivity index (χ0v) is 9.36. The largest absolute Gasteiger partial charge is 0.381 e. The number of halogens is 1. The van der Waals surface area contributed by atoms with Crippen molar-refractivity contribution in [2.24, 2.45) is 11.3 Å². The third-order valence-corrected chi connectivity index (χ3v) is 3.19. The van der Waals surface area contributed by atoms with E-state index in [1.54, 1.807) is 0 Å². The van der Waals surface area contributed by atoms with Crippen molar-refractivity contribution in [3.63, 3.8) is 0 Å². The summed E-state index contributed by atoms with van der Waals surface area (Å²) in [5.74, 6) is 0.775. The second kappa shape index (κ2) is 5.18. The molecule has 1 aliphatic rings. The van der Waals surface area contributed by atoms with Gasteiger partial charge in [-0.15, -0.1) is 11.6 Å². The van der Waals surface area contributed by atoms with Crippen LogP contribution in [0.25, 0.3) is 0 Å². The Kier molecular flexibility index (Phi) is 4.50. The number of hydrogen-bond acceptors (Lipinski definition) is 2. The van der Waals surface area contributed by atoms with Gasteiger partial charge in [-0.25, -0.2) is 0 Å². The summed E-state index contributed by atoms with van der Waals surface area (Å²) in [5.41, 5.74) is 0.346. The van der Waals surface area contributed by atoms with Crippen LogP contribution in [-0.4, -0.2) is 25.8 Å². The second-order valence-electron chi connectivity index (χ2n) is 4.44. The molecule has 0 radical (unpaired) electrons. The van der Waals surface area contributed by atoms with Gasteiger partial charge in [0.05, 0.1) is 6.00 Å². The van der Waals surface area contributed by atoms with E-state index in [-0.39, 0.29) is 0 Å². The number of hydrogen-bond donors (Lipinski definition) is 1. The molecular formula is C10H20ClNO. The van der Waals surface area contributed by atoms with Gasteiger partial charge in [0, 0.05) is 19.8 Å². The minimum atomic E-state index is 0.346. The second-order valence-corrected chi connectivity index (χ2v) is 4.70. The predicted octanol–water partition coefficient (Wildman–Crippen LogP) is 2.23. The Labute approximate surface area is 86.0 Å². The number of nitrogens with one attached hydrogen (secondary N) is 1. The van der Waals surface area contributed by atoms with Crippen LogP contribution in [0.4, 0.5) is 0 Å². The number of ether oxygens (including phenoxy) is 1. The van der Waals surface area contributed by atoms with Crippen LogP contribution in [-0.2, 0) is 4.74 Å². The smallest absolute Gasteiger partial charge is 0.0713 e. The van der Waals surface area contributed by atoms with Gasteiger partial charge in [0.25, 0.3) is 0 Å². The van der Waals surface area contributed by atoms with Crippen LogP contribution in [0.3, 0.4) is 0 Å². The molecule has 0 spiro atoms. The van der Waals surface area contributed by atoms with E-state index in [1.165, 1.54) is 12.8 Å². The molecule has 0 saturated carbocycles. The molecule has 0 atom stereocenters. The molecule has 0 amide bonds. The molecular weight excluding hydrogens is 186 g/mol. The van der Waals surface area contributed by atoms with Gasteiger partial charge in [-0.2, -0.15) is 0 Å². The molecule has 0 unspecified atom stereocenters. The fraction of sp³-hybridized carbons (Fsp3) is 1.00. The monoisotopic (exact) mass is 205 g/mol. The first kappa shape index (κ1) is 11.3. The van der Waals surface area contributed by atoms with Crippen molar-refractivity contribution in [2.45, 2.75) is 26.7 Å². The van der Waals surface area contributed by atoms with Crippen LogP contribution in [0.15, 0.2) is 0 Å². The minimum absolute atomic E-state index is 0.346. The predicted molar refractivity (Wildman–Crippen MR) is 56.0 cm³/mol. The first-order valence-corrected chi connectivity index (χ1v) is 5.54. The van der Waals surface area contributed by atoms with Crippen LogP contribution >= 0.6 is 11.6 Å². The summed E-state index contributed by atoms with van der Waals surface area (Å²) in [6.45, 7) is 7.47. The molecule has 1 saturated heterocycles. The maximum atomic E-state index is 5.61. The molecule has 1 N–H and O–H groups in total. The topological polar surface area (TPSA) is 21.3 Å². The molecule has 2 nitrogen and oxygen atoms in total. The Morgan fingerprint density at radius 3 is 2.54 bits per heavy atom. The van der Waals surface area contributed by atoms with Crippen LogP contribution < -0.4 is 5.32 Å². The molecule has 1 fully saturated rings. The van der Waals surface area contributed by atoms with Crippen molar-refractivity contribution >= 4 is 11.6 Å². The highest BCUT2D eigenvalue weighted by atomic mass is 35.5. The van der Waals surface area contributed by atoms with Crippen LogP contribution in [0.1, 0.15) is 26.7 Å². The maximum Gasteiger partial charge on any atom is 0.0713 e. The fourth-order valence-electron chi connectivity index (χ4n) is 1.99. The molecule has 0 aromatic heterocycles. The van der Waals surface area contributed by atoms with Crippen LogP contribution in [0, 0.1) is 11.3 Å². The first-order chi connectivity index (χ1) is 6.17. The zero-order chi connectivity index (χ0) is 9.73. The van der Waals surface area contributed by atoms with E-state index in [9.17, 15) is 0 Å². The quantitative estimate of drug-likeness (QED) is 0.562. The third-order valence-electron chi connectivity index (χ3n) is 3.00. The van der Waals surface area contributed by atoms with E-state index in [2.05, 4.69) is 19.2 Å². The summed E-state index contributed by atoms with van der Waals surface area (Å²) in [6, 6.07) is 0.548. The lowest BCUT2D eigenvalue weighted by molar-refractivity contribution is 0.0233. The van der Waals surface area contributed by atoms with Crippen molar-refractivity contribution in [1.29, 1.82) is 0 Å². The lowest BCUT2D eigenvalue weighted by Gasteiger charge is -2.37. The fourth-order valence-corrected chi connectivity index (χ4v) is 2.09. The Hall–Kier alpha value is 0.210. The Morgan fingerprint density at radius 2 is 2.00 bits per heavy atom. The summed E-state index contributed by atoms with van der Waals surface area (Å²) in [4.78, 5) is 0. The molecule has 0 aromatic carbocycles. The number of alkyl halides is 1. The molecule has 0 aromatic rings. The average molecular weight is 206 g/mol. The highest BCUT2D eigenvalue weighted by Crippen LogP contribution is 2.33. The third kappa shape index (κ3) is 3.45. The lowest BCUT2D eigenvalue weighted by atomic mass is 9.74. The van der Waals surface area contributed by atoms with Crippen molar-refractivity contribution in [1.82, 2.24) is 5.32 Å². The Morgan fingerprint density at radius 1 is 1.38 bits per heavy atom. The number of rotatable bonds is 4. The average Bonchev–Trinajstić information content (AvgIpc) is 2.16. The van der Waals surface area contributed by atoms with E-state index in [4.69, 9.17) is 16.3 Å². The van der Waals surface area contributed by atoms with Gasteiger partial charge in [0.2, 0.25) is 0 Å². The normalized spacial score (nSPS) is 20.5. The van der Waals surface area contributed by atoms with Gasteiger partial charge >= 0.3 is 0 Å². The molecule has 1 aliphatic heterocycles. The van der Waals surface area contributed by atoms with Crippen molar-refractivity contribution in [3.05, 3.63) is 0 Å². The maximum absolute atomic E-state index is 5.61. The Balaban J connectivity index is 2.36. The van der Waals surface area contributed by atoms with E-state index < -0.39 is 0 Å². The van der Waals surface area contributed by atoms with Crippen LogP contribution in [0.5, 0.6) is 0 Å². The van der Waals surface area contributed by atoms with Gasteiger partial charge in [-0.05, 0) is 24.2 Å². The molecule has 78 valence electrons. The minimum Gasteiger partial charge on any atom is -0.381 e. The molecule has 3 heteroatoms. The van der Waals surface area contributed by atoms with Crippen molar-refractivity contribution in [2.75, 3.05) is 25.8 Å². The van der Waals surface area contributed by atoms with Gasteiger partial charge < -0.3 is 10.1 Å². The molecule has 1 heterocycles. The highest BCUT2D eigenvalue weighted by molar-refractivity contribution is 6.17. The van der Waals surface area contributed by atoms with Gasteiger partial charge in [-0.3, -0.25) is 0 Å².